The Morgan fingerprint density at radius 1 is 1.17 bits per heavy atom. The minimum atomic E-state index is -0.547. The van der Waals surface area contributed by atoms with E-state index >= 15 is 0 Å². The van der Waals surface area contributed by atoms with Crippen LogP contribution in [0.15, 0.2) is 55.1 Å². The summed E-state index contributed by atoms with van der Waals surface area (Å²) in [7, 11) is 0. The Hall–Kier alpha value is -3.59. The van der Waals surface area contributed by atoms with Gasteiger partial charge in [-0.1, -0.05) is 50.3 Å². The zero-order valence-corrected chi connectivity index (χ0v) is 21.2. The van der Waals surface area contributed by atoms with Crippen molar-refractivity contribution in [2.75, 3.05) is 13.2 Å². The third-order valence-corrected chi connectivity index (χ3v) is 6.51. The Bertz CT molecular complexity index is 1090. The normalized spacial score (nSPS) is 13.7. The van der Waals surface area contributed by atoms with Crippen molar-refractivity contribution in [3.8, 4) is 11.1 Å². The van der Waals surface area contributed by atoms with Gasteiger partial charge < -0.3 is 15.7 Å². The van der Waals surface area contributed by atoms with Gasteiger partial charge >= 0.3 is 0 Å². The van der Waals surface area contributed by atoms with Crippen LogP contribution < -0.4 is 10.6 Å². The summed E-state index contributed by atoms with van der Waals surface area (Å²) in [4.78, 5) is 28.5. The highest BCUT2D eigenvalue weighted by atomic mass is 16.3. The van der Waals surface area contributed by atoms with E-state index in [1.54, 1.807) is 23.3 Å². The van der Waals surface area contributed by atoms with Crippen LogP contribution in [0.5, 0.6) is 0 Å². The van der Waals surface area contributed by atoms with Crippen molar-refractivity contribution in [3.05, 3.63) is 66.2 Å². The van der Waals surface area contributed by atoms with Crippen molar-refractivity contribution < 1.29 is 14.7 Å². The molecular formula is C27H36N6O3. The topological polar surface area (TPSA) is 122 Å². The van der Waals surface area contributed by atoms with Gasteiger partial charge in [-0.25, -0.2) is 4.68 Å². The van der Waals surface area contributed by atoms with Gasteiger partial charge in [-0.05, 0) is 53.5 Å². The number of rotatable bonds is 14. The van der Waals surface area contributed by atoms with Gasteiger partial charge in [0.2, 0.25) is 12.3 Å². The number of pyridine rings is 1. The number of nitrogens with zero attached hydrogens (tertiary/aromatic N) is 4. The maximum Gasteiger partial charge on any atom is 0.225 e. The molecule has 3 unspecified atom stereocenters. The van der Waals surface area contributed by atoms with Crippen LogP contribution in [0, 0.1) is 11.8 Å². The lowest BCUT2D eigenvalue weighted by atomic mass is 9.86. The molecule has 2 heterocycles. The lowest BCUT2D eigenvalue weighted by Gasteiger charge is -2.31. The molecule has 0 saturated carbocycles. The first kappa shape index (κ1) is 27.0. The Morgan fingerprint density at radius 3 is 2.56 bits per heavy atom. The molecular weight excluding hydrogens is 456 g/mol. The zero-order chi connectivity index (χ0) is 25.9. The molecule has 9 nitrogen and oxygen atoms in total. The number of carbonyl (C=O) groups excluding carboxylic acids is 2. The Kier molecular flexibility index (Phi) is 10.1. The van der Waals surface area contributed by atoms with Crippen molar-refractivity contribution in [1.82, 2.24) is 30.6 Å². The van der Waals surface area contributed by atoms with E-state index in [0.29, 0.717) is 25.8 Å². The number of hydrogen-bond acceptors (Lipinski definition) is 6. The van der Waals surface area contributed by atoms with Gasteiger partial charge in [-0.3, -0.25) is 14.6 Å². The molecule has 0 spiro atoms. The molecule has 192 valence electrons. The summed E-state index contributed by atoms with van der Waals surface area (Å²) in [5.74, 6) is -0.472. The molecule has 0 radical (unpaired) electrons. The highest BCUT2D eigenvalue weighted by Gasteiger charge is 2.33. The van der Waals surface area contributed by atoms with E-state index < -0.39 is 12.0 Å². The monoisotopic (exact) mass is 492 g/mol. The molecule has 2 amide bonds. The Balaban J connectivity index is 1.80. The van der Waals surface area contributed by atoms with Crippen LogP contribution in [0.4, 0.5) is 0 Å². The van der Waals surface area contributed by atoms with Gasteiger partial charge in [0, 0.05) is 25.1 Å². The minimum Gasteiger partial charge on any atom is -0.394 e. The predicted octanol–water partition coefficient (Wildman–Crippen LogP) is 3.09. The summed E-state index contributed by atoms with van der Waals surface area (Å²) in [6.45, 7) is 6.44. The molecule has 0 aliphatic rings. The van der Waals surface area contributed by atoms with E-state index in [1.807, 2.05) is 50.4 Å². The zero-order valence-electron chi connectivity index (χ0n) is 21.2. The van der Waals surface area contributed by atoms with Crippen LogP contribution >= 0.6 is 0 Å². The summed E-state index contributed by atoms with van der Waals surface area (Å²) < 4.78 is 1.73. The SMILES string of the molecule is CCc1cnccc1-c1ccc(C(CO)NC(=O)C(CCCNC=O)C(C(C)C)n2ccnn2)cc1. The molecule has 0 saturated heterocycles. The highest BCUT2D eigenvalue weighted by Crippen LogP contribution is 2.31. The fraction of sp³-hybridized carbons (Fsp3) is 0.444. The number of aromatic nitrogens is 4. The molecule has 0 bridgehead atoms. The molecule has 36 heavy (non-hydrogen) atoms. The summed E-state index contributed by atoms with van der Waals surface area (Å²) in [5, 5.41) is 24.0. The first-order valence-electron chi connectivity index (χ1n) is 12.5. The quantitative estimate of drug-likeness (QED) is 0.235. The molecule has 0 fully saturated rings. The van der Waals surface area contributed by atoms with Gasteiger partial charge in [0.15, 0.2) is 0 Å². The van der Waals surface area contributed by atoms with Crippen molar-refractivity contribution in [3.63, 3.8) is 0 Å². The van der Waals surface area contributed by atoms with E-state index in [-0.39, 0.29) is 24.5 Å². The lowest BCUT2D eigenvalue weighted by molar-refractivity contribution is -0.128. The van der Waals surface area contributed by atoms with Gasteiger partial charge in [0.1, 0.15) is 0 Å². The van der Waals surface area contributed by atoms with Gasteiger partial charge in [0.25, 0.3) is 0 Å². The number of nitrogens with one attached hydrogen (secondary N) is 2. The molecule has 3 N–H and O–H groups in total. The van der Waals surface area contributed by atoms with E-state index in [9.17, 15) is 14.7 Å². The van der Waals surface area contributed by atoms with Crippen LogP contribution in [0.2, 0.25) is 0 Å². The summed E-state index contributed by atoms with van der Waals surface area (Å²) >= 11 is 0. The Labute approximate surface area is 212 Å². The van der Waals surface area contributed by atoms with E-state index in [1.165, 1.54) is 0 Å². The van der Waals surface area contributed by atoms with Crippen LogP contribution in [0.3, 0.4) is 0 Å². The highest BCUT2D eigenvalue weighted by molar-refractivity contribution is 5.80. The van der Waals surface area contributed by atoms with Crippen LogP contribution in [0.25, 0.3) is 11.1 Å². The largest absolute Gasteiger partial charge is 0.394 e. The number of benzene rings is 1. The molecule has 3 aromatic rings. The van der Waals surface area contributed by atoms with E-state index in [2.05, 4.69) is 32.9 Å². The third-order valence-electron chi connectivity index (χ3n) is 6.51. The van der Waals surface area contributed by atoms with Crippen molar-refractivity contribution in [2.45, 2.75) is 52.1 Å². The predicted molar refractivity (Wildman–Crippen MR) is 138 cm³/mol. The second-order valence-corrected chi connectivity index (χ2v) is 9.19. The maximum atomic E-state index is 13.6. The summed E-state index contributed by atoms with van der Waals surface area (Å²) in [6, 6.07) is 9.13. The standard InChI is InChI=1S/C27H36N6O3/c1-4-20-16-28-13-11-23(20)21-7-9-22(10-8-21)25(17-34)31-27(36)24(6-5-12-29-18-35)26(19(2)3)33-15-14-30-32-33/h7-11,13-16,18-19,24-26,34H,4-6,12,17H2,1-3H3,(H,29,35)(H,31,36). The average molecular weight is 493 g/mol. The fourth-order valence-corrected chi connectivity index (χ4v) is 4.67. The van der Waals surface area contributed by atoms with Crippen LogP contribution in [0.1, 0.15) is 56.8 Å². The molecule has 2 aromatic heterocycles. The van der Waals surface area contributed by atoms with E-state index in [0.717, 1.165) is 28.7 Å². The molecule has 9 heteroatoms. The molecule has 0 aliphatic heterocycles. The molecule has 3 atom stereocenters. The van der Waals surface area contributed by atoms with Crippen molar-refractivity contribution in [1.29, 1.82) is 0 Å². The summed E-state index contributed by atoms with van der Waals surface area (Å²) in [6.07, 6.45) is 9.76. The fourth-order valence-electron chi connectivity index (χ4n) is 4.67. The second-order valence-electron chi connectivity index (χ2n) is 9.19. The molecule has 1 aromatic carbocycles. The number of hydrogen-bond donors (Lipinski definition) is 3. The van der Waals surface area contributed by atoms with Gasteiger partial charge in [0.05, 0.1) is 30.8 Å². The van der Waals surface area contributed by atoms with Crippen LogP contribution in [-0.2, 0) is 16.0 Å². The first-order valence-corrected chi connectivity index (χ1v) is 12.5. The van der Waals surface area contributed by atoms with Crippen molar-refractivity contribution in [2.24, 2.45) is 11.8 Å². The lowest BCUT2D eigenvalue weighted by Crippen LogP contribution is -2.41. The maximum absolute atomic E-state index is 13.6. The van der Waals surface area contributed by atoms with Gasteiger partial charge in [-0.2, -0.15) is 0 Å². The number of aryl methyl sites for hydroxylation is 1. The van der Waals surface area contributed by atoms with Crippen LogP contribution in [-0.4, -0.2) is 50.6 Å². The second kappa shape index (κ2) is 13.5. The number of aliphatic hydroxyl groups excluding tert-OH is 1. The summed E-state index contributed by atoms with van der Waals surface area (Å²) in [5.41, 5.74) is 4.18. The van der Waals surface area contributed by atoms with Crippen molar-refractivity contribution >= 4 is 12.3 Å². The first-order chi connectivity index (χ1) is 17.5. The minimum absolute atomic E-state index is 0.112. The van der Waals surface area contributed by atoms with E-state index in [4.69, 9.17) is 0 Å². The average Bonchev–Trinajstić information content (AvgIpc) is 3.43. The number of carbonyl (C=O) groups is 2. The number of amides is 2. The Morgan fingerprint density at radius 2 is 1.94 bits per heavy atom. The van der Waals surface area contributed by atoms with Gasteiger partial charge in [-0.15, -0.1) is 5.10 Å². The molecule has 0 aliphatic carbocycles. The number of aliphatic hydroxyl groups is 1. The smallest absolute Gasteiger partial charge is 0.225 e. The molecule has 3 rings (SSSR count). The third kappa shape index (κ3) is 6.75.